The van der Waals surface area contributed by atoms with E-state index >= 15 is 0 Å². The summed E-state index contributed by atoms with van der Waals surface area (Å²) >= 11 is 0. The molecule has 0 radical (unpaired) electrons. The number of aliphatic hydroxyl groups is 2. The van der Waals surface area contributed by atoms with Crippen LogP contribution in [0.15, 0.2) is 0 Å². The molecule has 74 valence electrons. The molecule has 0 aromatic carbocycles. The minimum absolute atomic E-state index is 0.0656. The standard InChI is InChI=1S/C9H14O4/c1-4-5-2-7-6(4)3-12-9(7,11)13-8(5)10/h4-8,10-11H,2-3H2,1H3/t4-,5?,6?,7?,8?,9-/m0/s1. The molecule has 13 heavy (non-hydrogen) atoms. The van der Waals surface area contributed by atoms with Crippen molar-refractivity contribution in [2.45, 2.75) is 25.6 Å². The highest BCUT2D eigenvalue weighted by Gasteiger charge is 2.63. The van der Waals surface area contributed by atoms with Crippen LogP contribution in [0, 0.1) is 23.7 Å². The van der Waals surface area contributed by atoms with Crippen LogP contribution in [0.1, 0.15) is 13.3 Å². The van der Waals surface area contributed by atoms with Crippen LogP contribution in [0.3, 0.4) is 0 Å². The van der Waals surface area contributed by atoms with Gasteiger partial charge in [-0.25, -0.2) is 0 Å². The van der Waals surface area contributed by atoms with Crippen molar-refractivity contribution < 1.29 is 19.7 Å². The Morgan fingerprint density at radius 2 is 2.15 bits per heavy atom. The number of hydrogen-bond acceptors (Lipinski definition) is 4. The van der Waals surface area contributed by atoms with Gasteiger partial charge in [-0.1, -0.05) is 6.92 Å². The first-order valence-corrected chi connectivity index (χ1v) is 4.84. The van der Waals surface area contributed by atoms with Crippen molar-refractivity contribution in [1.82, 2.24) is 0 Å². The van der Waals surface area contributed by atoms with Crippen LogP contribution in [0.4, 0.5) is 0 Å². The summed E-state index contributed by atoms with van der Waals surface area (Å²) in [4.78, 5) is 0. The molecule has 2 saturated heterocycles. The maximum atomic E-state index is 9.89. The van der Waals surface area contributed by atoms with Crippen molar-refractivity contribution in [3.63, 3.8) is 0 Å². The second kappa shape index (κ2) is 2.25. The van der Waals surface area contributed by atoms with E-state index in [-0.39, 0.29) is 11.8 Å². The monoisotopic (exact) mass is 186 g/mol. The zero-order chi connectivity index (χ0) is 9.22. The second-order valence-electron chi connectivity index (χ2n) is 4.48. The molecule has 2 heterocycles. The highest BCUT2D eigenvalue weighted by Crippen LogP contribution is 2.56. The zero-order valence-corrected chi connectivity index (χ0v) is 7.51. The first kappa shape index (κ1) is 8.17. The first-order chi connectivity index (χ1) is 6.12. The summed E-state index contributed by atoms with van der Waals surface area (Å²) < 4.78 is 10.3. The molecule has 0 spiro atoms. The average Bonchev–Trinajstić information content (AvgIpc) is 2.52. The van der Waals surface area contributed by atoms with Crippen LogP contribution >= 0.6 is 0 Å². The van der Waals surface area contributed by atoms with Crippen molar-refractivity contribution in [1.29, 1.82) is 0 Å². The van der Waals surface area contributed by atoms with Gasteiger partial charge in [0, 0.05) is 11.8 Å². The summed E-state index contributed by atoms with van der Waals surface area (Å²) in [5.41, 5.74) is 0. The summed E-state index contributed by atoms with van der Waals surface area (Å²) in [5, 5.41) is 19.5. The molecule has 1 saturated carbocycles. The van der Waals surface area contributed by atoms with Gasteiger partial charge in [0.15, 0.2) is 6.29 Å². The van der Waals surface area contributed by atoms with E-state index in [2.05, 4.69) is 6.92 Å². The molecule has 3 aliphatic rings. The summed E-state index contributed by atoms with van der Waals surface area (Å²) in [6.07, 6.45) is -0.0368. The average molecular weight is 186 g/mol. The first-order valence-electron chi connectivity index (χ1n) is 4.84. The molecule has 4 unspecified atom stereocenters. The summed E-state index contributed by atoms with van der Waals surface area (Å²) in [6.45, 7) is 2.66. The molecular formula is C9H14O4. The maximum Gasteiger partial charge on any atom is 0.285 e. The SMILES string of the molecule is C[C@H]1C2CC3C1CO[C@]3(O)OC2O. The molecule has 0 aromatic rings. The van der Waals surface area contributed by atoms with E-state index in [4.69, 9.17) is 9.47 Å². The van der Waals surface area contributed by atoms with E-state index in [0.29, 0.717) is 18.4 Å². The molecule has 4 nitrogen and oxygen atoms in total. The van der Waals surface area contributed by atoms with E-state index < -0.39 is 12.3 Å². The lowest BCUT2D eigenvalue weighted by Gasteiger charge is -2.37. The molecule has 0 amide bonds. The Bertz CT molecular complexity index is 244. The minimum atomic E-state index is -1.49. The number of ether oxygens (including phenoxy) is 2. The van der Waals surface area contributed by atoms with Crippen molar-refractivity contribution in [3.8, 4) is 0 Å². The summed E-state index contributed by atoms with van der Waals surface area (Å²) in [6, 6.07) is 0. The lowest BCUT2D eigenvalue weighted by Crippen LogP contribution is -2.47. The Balaban J connectivity index is 2.01. The lowest BCUT2D eigenvalue weighted by atomic mass is 9.91. The van der Waals surface area contributed by atoms with Gasteiger partial charge < -0.3 is 14.9 Å². The predicted molar refractivity (Wildman–Crippen MR) is 42.2 cm³/mol. The quantitative estimate of drug-likeness (QED) is 0.554. The maximum absolute atomic E-state index is 9.89. The van der Waals surface area contributed by atoms with Crippen molar-refractivity contribution >= 4 is 0 Å². The van der Waals surface area contributed by atoms with Crippen LogP contribution in [-0.4, -0.2) is 29.1 Å². The van der Waals surface area contributed by atoms with Crippen molar-refractivity contribution in [2.75, 3.05) is 6.61 Å². The number of hydrogen-bond donors (Lipinski definition) is 2. The van der Waals surface area contributed by atoms with Crippen LogP contribution in [0.2, 0.25) is 0 Å². The van der Waals surface area contributed by atoms with E-state index in [9.17, 15) is 10.2 Å². The van der Waals surface area contributed by atoms with Gasteiger partial charge in [0.25, 0.3) is 5.97 Å². The van der Waals surface area contributed by atoms with Crippen LogP contribution in [0.25, 0.3) is 0 Å². The predicted octanol–water partition coefficient (Wildman–Crippen LogP) is -0.100. The molecule has 4 heteroatoms. The number of rotatable bonds is 0. The fraction of sp³-hybridized carbons (Fsp3) is 1.00. The van der Waals surface area contributed by atoms with Gasteiger partial charge in [-0.2, -0.15) is 0 Å². The van der Waals surface area contributed by atoms with Crippen LogP contribution in [0.5, 0.6) is 0 Å². The molecule has 2 bridgehead atoms. The fourth-order valence-electron chi connectivity index (χ4n) is 3.13. The van der Waals surface area contributed by atoms with E-state index in [1.165, 1.54) is 0 Å². The van der Waals surface area contributed by atoms with Gasteiger partial charge in [0.2, 0.25) is 0 Å². The smallest absolute Gasteiger partial charge is 0.285 e. The molecule has 2 N–H and O–H groups in total. The largest absolute Gasteiger partial charge is 0.367 e. The van der Waals surface area contributed by atoms with Crippen LogP contribution in [-0.2, 0) is 9.47 Å². The van der Waals surface area contributed by atoms with Gasteiger partial charge in [-0.05, 0) is 18.3 Å². The van der Waals surface area contributed by atoms with Crippen LogP contribution < -0.4 is 0 Å². The van der Waals surface area contributed by atoms with Gasteiger partial charge >= 0.3 is 0 Å². The van der Waals surface area contributed by atoms with E-state index in [1.54, 1.807) is 0 Å². The topological polar surface area (TPSA) is 58.9 Å². The van der Waals surface area contributed by atoms with Gasteiger partial charge in [0.1, 0.15) is 0 Å². The van der Waals surface area contributed by atoms with Crippen molar-refractivity contribution in [3.05, 3.63) is 0 Å². The molecule has 0 aromatic heterocycles. The molecule has 3 rings (SSSR count). The summed E-state index contributed by atoms with van der Waals surface area (Å²) in [7, 11) is 0. The highest BCUT2D eigenvalue weighted by molar-refractivity contribution is 5.00. The van der Waals surface area contributed by atoms with Crippen molar-refractivity contribution in [2.24, 2.45) is 23.7 Å². The Kier molecular flexibility index (Phi) is 1.42. The van der Waals surface area contributed by atoms with Gasteiger partial charge in [-0.15, -0.1) is 0 Å². The molecular weight excluding hydrogens is 172 g/mol. The summed E-state index contributed by atoms with van der Waals surface area (Å²) in [5.74, 6) is -0.510. The lowest BCUT2D eigenvalue weighted by molar-refractivity contribution is -0.421. The Morgan fingerprint density at radius 1 is 1.38 bits per heavy atom. The molecule has 6 atom stereocenters. The molecule has 2 aliphatic heterocycles. The Labute approximate surface area is 76.5 Å². The Hall–Kier alpha value is -0.160. The van der Waals surface area contributed by atoms with E-state index in [0.717, 1.165) is 6.42 Å². The second-order valence-corrected chi connectivity index (χ2v) is 4.48. The normalized spacial score (nSPS) is 64.4. The third-order valence-electron chi connectivity index (χ3n) is 4.00. The van der Waals surface area contributed by atoms with Gasteiger partial charge in [0.05, 0.1) is 6.61 Å². The van der Waals surface area contributed by atoms with E-state index in [1.807, 2.05) is 0 Å². The third-order valence-corrected chi connectivity index (χ3v) is 4.00. The molecule has 1 aliphatic carbocycles. The third kappa shape index (κ3) is 0.845. The highest BCUT2D eigenvalue weighted by atomic mass is 16.9. The number of aliphatic hydroxyl groups excluding tert-OH is 1. The Morgan fingerprint density at radius 3 is 2.92 bits per heavy atom. The number of fused-ring (bicyclic) bond motifs is 1. The zero-order valence-electron chi connectivity index (χ0n) is 7.51. The molecule has 3 fully saturated rings. The van der Waals surface area contributed by atoms with Gasteiger partial charge in [-0.3, -0.25) is 4.74 Å². The minimum Gasteiger partial charge on any atom is -0.367 e. The fourth-order valence-corrected chi connectivity index (χ4v) is 3.13.